The quantitative estimate of drug-likeness (QED) is 0.296. The number of aromatic nitrogens is 2. The van der Waals surface area contributed by atoms with Gasteiger partial charge in [-0.1, -0.05) is 44.2 Å². The number of hydrogen-bond donors (Lipinski definition) is 1. The summed E-state index contributed by atoms with van der Waals surface area (Å²) in [7, 11) is 0. The predicted molar refractivity (Wildman–Crippen MR) is 127 cm³/mol. The van der Waals surface area contributed by atoms with Crippen molar-refractivity contribution in [2.45, 2.75) is 46.1 Å². The van der Waals surface area contributed by atoms with E-state index in [9.17, 15) is 22.4 Å². The second kappa shape index (κ2) is 9.52. The van der Waals surface area contributed by atoms with E-state index in [1.54, 1.807) is 38.1 Å². The number of fused-ring (bicyclic) bond motifs is 1. The summed E-state index contributed by atoms with van der Waals surface area (Å²) in [5.74, 6) is -2.05. The molecule has 4 rings (SSSR count). The summed E-state index contributed by atoms with van der Waals surface area (Å²) in [5.41, 5.74) is 2.04. The number of benzene rings is 2. The van der Waals surface area contributed by atoms with Gasteiger partial charge in [-0.15, -0.1) is 0 Å². The molecule has 1 amide bonds. The first-order chi connectivity index (χ1) is 16.6. The Labute approximate surface area is 200 Å². The molecule has 1 N–H and O–H groups in total. The molecule has 0 spiro atoms. The summed E-state index contributed by atoms with van der Waals surface area (Å²) < 4.78 is 57.6. The van der Waals surface area contributed by atoms with Crippen molar-refractivity contribution in [3.05, 3.63) is 94.3 Å². The molecular weight excluding hydrogens is 458 g/mol. The molecule has 2 aromatic heterocycles. The minimum Gasteiger partial charge on any atom is -0.345 e. The van der Waals surface area contributed by atoms with E-state index in [-0.39, 0.29) is 17.0 Å². The molecule has 0 aliphatic heterocycles. The highest BCUT2D eigenvalue weighted by atomic mass is 19.3. The first-order valence-electron chi connectivity index (χ1n) is 11.3. The molecule has 4 nitrogen and oxygen atoms in total. The number of hydrogen-bond acceptors (Lipinski definition) is 2. The first kappa shape index (κ1) is 24.4. The number of nitrogens with one attached hydrogen (secondary N) is 1. The molecule has 0 aliphatic rings. The van der Waals surface area contributed by atoms with Crippen LogP contribution in [0, 0.1) is 18.6 Å². The van der Waals surface area contributed by atoms with Crippen LogP contribution >= 0.6 is 0 Å². The molecule has 35 heavy (non-hydrogen) atoms. The van der Waals surface area contributed by atoms with Crippen LogP contribution in [0.25, 0.3) is 16.6 Å². The summed E-state index contributed by atoms with van der Waals surface area (Å²) in [4.78, 5) is 13.3. The van der Waals surface area contributed by atoms with E-state index in [0.29, 0.717) is 33.6 Å². The Morgan fingerprint density at radius 1 is 0.886 bits per heavy atom. The van der Waals surface area contributed by atoms with E-state index in [2.05, 4.69) is 10.4 Å². The average Bonchev–Trinajstić information content (AvgIpc) is 3.13. The highest BCUT2D eigenvalue weighted by molar-refractivity contribution is 5.97. The summed E-state index contributed by atoms with van der Waals surface area (Å²) in [6.07, 6.45) is -2.67. The average molecular weight is 484 g/mol. The molecule has 0 saturated heterocycles. The van der Waals surface area contributed by atoms with Crippen molar-refractivity contribution in [3.63, 3.8) is 0 Å². The highest BCUT2D eigenvalue weighted by Crippen LogP contribution is 2.35. The topological polar surface area (TPSA) is 46.4 Å². The van der Waals surface area contributed by atoms with Crippen molar-refractivity contribution in [1.82, 2.24) is 14.9 Å². The minimum absolute atomic E-state index is 0.140. The summed E-state index contributed by atoms with van der Waals surface area (Å²) in [5, 5.41) is 7.32. The van der Waals surface area contributed by atoms with Gasteiger partial charge in [0, 0.05) is 11.1 Å². The standard InChI is InChI=1S/C27H25F4N3O/c1-14(2)25-19(27(35)32-15(3)17-8-5-6-9-18(17)26(30)31)12-13-22-23(16(4)33-34(22)25)24-20(28)10-7-11-21(24)29/h5-15,26H,1-4H3,(H,32,35)/t15-/m0/s1. The molecule has 0 radical (unpaired) electrons. The zero-order valence-electron chi connectivity index (χ0n) is 19.7. The van der Waals surface area contributed by atoms with Crippen molar-refractivity contribution >= 4 is 11.4 Å². The number of carbonyl (C=O) groups excluding carboxylic acids is 1. The Kier molecular flexibility index (Phi) is 6.65. The van der Waals surface area contributed by atoms with Gasteiger partial charge in [0.25, 0.3) is 12.3 Å². The van der Waals surface area contributed by atoms with Gasteiger partial charge in [0.15, 0.2) is 0 Å². The molecular formula is C27H25F4N3O. The van der Waals surface area contributed by atoms with Crippen LogP contribution in [-0.2, 0) is 0 Å². The Balaban J connectivity index is 1.80. The maximum absolute atomic E-state index is 14.6. The Hall–Kier alpha value is -3.68. The van der Waals surface area contributed by atoms with Crippen LogP contribution in [0.1, 0.15) is 72.0 Å². The zero-order chi connectivity index (χ0) is 25.4. The lowest BCUT2D eigenvalue weighted by molar-refractivity contribution is 0.0935. The summed E-state index contributed by atoms with van der Waals surface area (Å²) in [6, 6.07) is 12.2. The van der Waals surface area contributed by atoms with Crippen molar-refractivity contribution in [1.29, 1.82) is 0 Å². The number of pyridine rings is 1. The fourth-order valence-corrected chi connectivity index (χ4v) is 4.49. The van der Waals surface area contributed by atoms with Crippen LogP contribution in [0.15, 0.2) is 54.6 Å². The number of halogens is 4. The molecule has 4 aromatic rings. The van der Waals surface area contributed by atoms with Gasteiger partial charge in [-0.2, -0.15) is 5.10 Å². The van der Waals surface area contributed by atoms with E-state index in [4.69, 9.17) is 0 Å². The molecule has 2 aromatic carbocycles. The number of amides is 1. The third-order valence-electron chi connectivity index (χ3n) is 6.06. The van der Waals surface area contributed by atoms with Gasteiger partial charge in [-0.25, -0.2) is 22.1 Å². The smallest absolute Gasteiger partial charge is 0.264 e. The van der Waals surface area contributed by atoms with Crippen molar-refractivity contribution in [3.8, 4) is 11.1 Å². The van der Waals surface area contributed by atoms with Crippen LogP contribution in [0.2, 0.25) is 0 Å². The molecule has 0 aliphatic carbocycles. The summed E-state index contributed by atoms with van der Waals surface area (Å²) >= 11 is 0. The SMILES string of the molecule is Cc1nn2c(C(C)C)c(C(=O)N[C@@H](C)c3ccccc3C(F)F)ccc2c1-c1c(F)cccc1F. The lowest BCUT2D eigenvalue weighted by atomic mass is 9.98. The molecule has 182 valence electrons. The molecule has 0 bridgehead atoms. The van der Waals surface area contributed by atoms with Gasteiger partial charge in [0.1, 0.15) is 11.6 Å². The maximum atomic E-state index is 14.6. The van der Waals surface area contributed by atoms with Crippen LogP contribution in [0.4, 0.5) is 17.6 Å². The number of alkyl halides is 2. The highest BCUT2D eigenvalue weighted by Gasteiger charge is 2.25. The number of carbonyl (C=O) groups is 1. The van der Waals surface area contributed by atoms with E-state index in [0.717, 1.165) is 0 Å². The number of aryl methyl sites for hydroxylation is 1. The molecule has 1 atom stereocenters. The van der Waals surface area contributed by atoms with E-state index in [1.807, 2.05) is 13.8 Å². The normalized spacial score (nSPS) is 12.5. The van der Waals surface area contributed by atoms with Gasteiger partial charge in [-0.05, 0) is 49.6 Å². The van der Waals surface area contributed by atoms with Gasteiger partial charge < -0.3 is 5.32 Å². The predicted octanol–water partition coefficient (Wildman–Crippen LogP) is 7.14. The van der Waals surface area contributed by atoms with Crippen molar-refractivity contribution in [2.24, 2.45) is 0 Å². The van der Waals surface area contributed by atoms with Crippen LogP contribution < -0.4 is 5.32 Å². The molecule has 8 heteroatoms. The van der Waals surface area contributed by atoms with E-state index < -0.39 is 30.0 Å². The minimum atomic E-state index is -2.67. The fraction of sp³-hybridized carbons (Fsp3) is 0.259. The van der Waals surface area contributed by atoms with Crippen LogP contribution in [0.3, 0.4) is 0 Å². The van der Waals surface area contributed by atoms with E-state index in [1.165, 1.54) is 34.8 Å². The maximum Gasteiger partial charge on any atom is 0.264 e. The first-order valence-corrected chi connectivity index (χ1v) is 11.3. The largest absolute Gasteiger partial charge is 0.345 e. The third kappa shape index (κ3) is 4.40. The van der Waals surface area contributed by atoms with E-state index >= 15 is 0 Å². The second-order valence-electron chi connectivity index (χ2n) is 8.77. The fourth-order valence-electron chi connectivity index (χ4n) is 4.49. The van der Waals surface area contributed by atoms with Gasteiger partial charge in [0.2, 0.25) is 0 Å². The number of rotatable bonds is 6. The van der Waals surface area contributed by atoms with Crippen LogP contribution in [0.5, 0.6) is 0 Å². The van der Waals surface area contributed by atoms with Crippen LogP contribution in [-0.4, -0.2) is 15.5 Å². The monoisotopic (exact) mass is 483 g/mol. The van der Waals surface area contributed by atoms with Gasteiger partial charge in [-0.3, -0.25) is 4.79 Å². The summed E-state index contributed by atoms with van der Waals surface area (Å²) in [6.45, 7) is 7.05. The Morgan fingerprint density at radius 2 is 1.51 bits per heavy atom. The van der Waals surface area contributed by atoms with Crippen molar-refractivity contribution < 1.29 is 22.4 Å². The molecule has 0 unspecified atom stereocenters. The number of nitrogens with zero attached hydrogens (tertiary/aromatic N) is 2. The second-order valence-corrected chi connectivity index (χ2v) is 8.77. The molecule has 0 saturated carbocycles. The zero-order valence-corrected chi connectivity index (χ0v) is 19.7. The lowest BCUT2D eigenvalue weighted by Gasteiger charge is -2.20. The third-order valence-corrected chi connectivity index (χ3v) is 6.06. The molecule has 2 heterocycles. The van der Waals surface area contributed by atoms with Gasteiger partial charge in [0.05, 0.1) is 34.1 Å². The lowest BCUT2D eigenvalue weighted by Crippen LogP contribution is -2.29. The Morgan fingerprint density at radius 3 is 2.11 bits per heavy atom. The van der Waals surface area contributed by atoms with Gasteiger partial charge >= 0.3 is 0 Å². The Bertz CT molecular complexity index is 1390. The molecule has 0 fully saturated rings. The van der Waals surface area contributed by atoms with Crippen molar-refractivity contribution in [2.75, 3.05) is 0 Å².